The molecule has 20 heavy (non-hydrogen) atoms. The lowest BCUT2D eigenvalue weighted by atomic mass is 10.0. The fourth-order valence-corrected chi connectivity index (χ4v) is 2.72. The number of nitrogen functional groups attached to an aromatic ring is 1. The summed E-state index contributed by atoms with van der Waals surface area (Å²) >= 11 is 3.47. The number of benzene rings is 2. The molecule has 3 aromatic rings. The van der Waals surface area contributed by atoms with Crippen molar-refractivity contribution >= 4 is 38.2 Å². The number of nitrogens with two attached hydrogens (primary N) is 1. The van der Waals surface area contributed by atoms with Crippen LogP contribution in [0, 0.1) is 0 Å². The van der Waals surface area contributed by atoms with Crippen molar-refractivity contribution < 1.29 is 0 Å². The molecule has 0 fully saturated rings. The van der Waals surface area contributed by atoms with Crippen LogP contribution in [0.1, 0.15) is 5.56 Å². The Balaban J connectivity index is 1.87. The number of pyridine rings is 1. The van der Waals surface area contributed by atoms with E-state index in [1.165, 1.54) is 16.3 Å². The minimum absolute atomic E-state index is 0.646. The van der Waals surface area contributed by atoms with E-state index in [-0.39, 0.29) is 0 Å². The first-order chi connectivity index (χ1) is 9.74. The van der Waals surface area contributed by atoms with Gasteiger partial charge in [-0.3, -0.25) is 0 Å². The molecule has 0 amide bonds. The van der Waals surface area contributed by atoms with Gasteiger partial charge in [0.1, 0.15) is 5.82 Å². The van der Waals surface area contributed by atoms with E-state index in [9.17, 15) is 0 Å². The van der Waals surface area contributed by atoms with Gasteiger partial charge in [0, 0.05) is 6.54 Å². The summed E-state index contributed by atoms with van der Waals surface area (Å²) in [6.07, 6.45) is 1.65. The van der Waals surface area contributed by atoms with E-state index in [1.54, 1.807) is 6.20 Å². The van der Waals surface area contributed by atoms with Crippen LogP contribution in [-0.2, 0) is 6.54 Å². The Labute approximate surface area is 126 Å². The number of aromatic nitrogens is 1. The van der Waals surface area contributed by atoms with Crippen molar-refractivity contribution in [2.24, 2.45) is 0 Å². The third-order valence-corrected chi connectivity index (χ3v) is 3.79. The van der Waals surface area contributed by atoms with Crippen LogP contribution in [-0.4, -0.2) is 4.98 Å². The summed E-state index contributed by atoms with van der Waals surface area (Å²) < 4.78 is 0.873. The van der Waals surface area contributed by atoms with Gasteiger partial charge in [-0.25, -0.2) is 4.98 Å². The Bertz CT molecular complexity index is 750. The van der Waals surface area contributed by atoms with Crippen molar-refractivity contribution in [1.29, 1.82) is 0 Å². The number of nitrogens with one attached hydrogen (secondary N) is 1. The number of nitrogens with zero attached hydrogens (tertiary/aromatic N) is 1. The van der Waals surface area contributed by atoms with E-state index in [4.69, 9.17) is 5.73 Å². The predicted octanol–water partition coefficient (Wildman–Crippen LogP) is 4.19. The molecule has 0 unspecified atom stereocenters. The highest BCUT2D eigenvalue weighted by molar-refractivity contribution is 9.10. The Morgan fingerprint density at radius 2 is 1.90 bits per heavy atom. The van der Waals surface area contributed by atoms with E-state index >= 15 is 0 Å². The zero-order valence-electron chi connectivity index (χ0n) is 10.8. The van der Waals surface area contributed by atoms with Gasteiger partial charge in [0.2, 0.25) is 0 Å². The number of fused-ring (bicyclic) bond motifs is 1. The zero-order chi connectivity index (χ0) is 13.9. The average Bonchev–Trinajstić information content (AvgIpc) is 2.46. The molecule has 3 rings (SSSR count). The fourth-order valence-electron chi connectivity index (χ4n) is 2.21. The van der Waals surface area contributed by atoms with Crippen molar-refractivity contribution in [2.45, 2.75) is 6.54 Å². The number of anilines is 2. The molecule has 0 spiro atoms. The molecular formula is C16H14BrN3. The second-order valence-electron chi connectivity index (χ2n) is 4.59. The molecule has 1 aromatic heterocycles. The molecule has 0 radical (unpaired) electrons. The highest BCUT2D eigenvalue weighted by Gasteiger charge is 2.04. The van der Waals surface area contributed by atoms with Crippen molar-refractivity contribution in [3.8, 4) is 0 Å². The van der Waals surface area contributed by atoms with E-state index in [1.807, 2.05) is 6.07 Å². The normalized spacial score (nSPS) is 10.7. The molecule has 4 heteroatoms. The monoisotopic (exact) mass is 327 g/mol. The summed E-state index contributed by atoms with van der Waals surface area (Å²) in [6.45, 7) is 0.719. The summed E-state index contributed by atoms with van der Waals surface area (Å²) in [5.74, 6) is 0.798. The maximum absolute atomic E-state index is 5.69. The van der Waals surface area contributed by atoms with Crippen LogP contribution in [0.3, 0.4) is 0 Å². The number of rotatable bonds is 3. The van der Waals surface area contributed by atoms with E-state index < -0.39 is 0 Å². The van der Waals surface area contributed by atoms with Crippen LogP contribution in [0.4, 0.5) is 11.5 Å². The van der Waals surface area contributed by atoms with E-state index in [2.05, 4.69) is 68.7 Å². The Morgan fingerprint density at radius 3 is 2.75 bits per heavy atom. The fraction of sp³-hybridized carbons (Fsp3) is 0.0625. The van der Waals surface area contributed by atoms with Crippen molar-refractivity contribution in [3.05, 3.63) is 64.8 Å². The molecule has 3 nitrogen and oxygen atoms in total. The van der Waals surface area contributed by atoms with Crippen LogP contribution < -0.4 is 11.1 Å². The van der Waals surface area contributed by atoms with Crippen molar-refractivity contribution in [1.82, 2.24) is 4.98 Å². The third-order valence-electron chi connectivity index (χ3n) is 3.19. The van der Waals surface area contributed by atoms with Gasteiger partial charge in [-0.2, -0.15) is 0 Å². The number of hydrogen-bond acceptors (Lipinski definition) is 3. The average molecular weight is 328 g/mol. The molecule has 0 atom stereocenters. The number of halogens is 1. The molecular weight excluding hydrogens is 314 g/mol. The maximum Gasteiger partial charge on any atom is 0.140 e. The highest BCUT2D eigenvalue weighted by atomic mass is 79.9. The van der Waals surface area contributed by atoms with E-state index in [0.717, 1.165) is 16.8 Å². The first kappa shape index (κ1) is 12.9. The van der Waals surface area contributed by atoms with Gasteiger partial charge >= 0.3 is 0 Å². The summed E-state index contributed by atoms with van der Waals surface area (Å²) in [4.78, 5) is 4.29. The highest BCUT2D eigenvalue weighted by Crippen LogP contribution is 2.24. The summed E-state index contributed by atoms with van der Waals surface area (Å²) in [5.41, 5.74) is 7.58. The molecule has 0 aliphatic heterocycles. The largest absolute Gasteiger partial charge is 0.397 e. The van der Waals surface area contributed by atoms with Crippen LogP contribution in [0.2, 0.25) is 0 Å². The molecule has 0 aliphatic carbocycles. The smallest absolute Gasteiger partial charge is 0.140 e. The quantitative estimate of drug-likeness (QED) is 0.758. The van der Waals surface area contributed by atoms with Crippen molar-refractivity contribution in [2.75, 3.05) is 11.1 Å². The lowest BCUT2D eigenvalue weighted by molar-refractivity contribution is 1.12. The van der Waals surface area contributed by atoms with Gasteiger partial charge < -0.3 is 11.1 Å². The Hall–Kier alpha value is -2.07. The topological polar surface area (TPSA) is 50.9 Å². The Kier molecular flexibility index (Phi) is 3.56. The first-order valence-electron chi connectivity index (χ1n) is 6.35. The summed E-state index contributed by atoms with van der Waals surface area (Å²) in [7, 11) is 0. The van der Waals surface area contributed by atoms with Gasteiger partial charge in [-0.1, -0.05) is 42.5 Å². The second kappa shape index (κ2) is 5.51. The maximum atomic E-state index is 5.69. The summed E-state index contributed by atoms with van der Waals surface area (Å²) in [5, 5.41) is 5.84. The minimum atomic E-state index is 0.646. The third kappa shape index (κ3) is 2.60. The molecule has 0 aliphatic rings. The minimum Gasteiger partial charge on any atom is -0.397 e. The van der Waals surface area contributed by atoms with Gasteiger partial charge in [0.05, 0.1) is 16.4 Å². The molecule has 0 bridgehead atoms. The van der Waals surface area contributed by atoms with Crippen LogP contribution in [0.5, 0.6) is 0 Å². The molecule has 2 aromatic carbocycles. The lowest BCUT2D eigenvalue weighted by Gasteiger charge is -2.10. The molecule has 0 saturated heterocycles. The van der Waals surface area contributed by atoms with Crippen molar-refractivity contribution in [3.63, 3.8) is 0 Å². The van der Waals surface area contributed by atoms with Gasteiger partial charge in [-0.15, -0.1) is 0 Å². The Morgan fingerprint density at radius 1 is 1.10 bits per heavy atom. The number of hydrogen-bond donors (Lipinski definition) is 2. The molecule has 0 saturated carbocycles. The molecule has 3 N–H and O–H groups in total. The zero-order valence-corrected chi connectivity index (χ0v) is 12.4. The standard InChI is InChI=1S/C16H14BrN3/c17-15-8-13(18)10-20-16(15)19-9-12-6-3-5-11-4-1-2-7-14(11)12/h1-8,10H,9,18H2,(H,19,20). The van der Waals surface area contributed by atoms with Gasteiger partial charge in [0.15, 0.2) is 0 Å². The van der Waals surface area contributed by atoms with Crippen LogP contribution in [0.25, 0.3) is 10.8 Å². The predicted molar refractivity (Wildman–Crippen MR) is 87.6 cm³/mol. The van der Waals surface area contributed by atoms with E-state index in [0.29, 0.717) is 5.69 Å². The van der Waals surface area contributed by atoms with Gasteiger partial charge in [0.25, 0.3) is 0 Å². The molecule has 1 heterocycles. The molecule has 100 valence electrons. The first-order valence-corrected chi connectivity index (χ1v) is 7.15. The lowest BCUT2D eigenvalue weighted by Crippen LogP contribution is -2.03. The second-order valence-corrected chi connectivity index (χ2v) is 5.45. The van der Waals surface area contributed by atoms with Crippen LogP contribution in [0.15, 0.2) is 59.2 Å². The van der Waals surface area contributed by atoms with Gasteiger partial charge in [-0.05, 0) is 38.3 Å². The summed E-state index contributed by atoms with van der Waals surface area (Å²) in [6, 6.07) is 16.5. The van der Waals surface area contributed by atoms with Crippen LogP contribution >= 0.6 is 15.9 Å². The SMILES string of the molecule is Nc1cnc(NCc2cccc3ccccc23)c(Br)c1.